The highest BCUT2D eigenvalue weighted by Crippen LogP contribution is 2.24. The Labute approximate surface area is 162 Å². The minimum atomic E-state index is -0.639. The van der Waals surface area contributed by atoms with E-state index >= 15 is 0 Å². The number of rotatable bonds is 7. The van der Waals surface area contributed by atoms with Gasteiger partial charge < -0.3 is 15.0 Å². The van der Waals surface area contributed by atoms with Crippen molar-refractivity contribution in [1.29, 1.82) is 0 Å². The standard InChI is InChI=1S/C22H22F2N2O2/c1-26(2)20(22-18(23)8-5-9-19(22)24)13-25-21(27)14-28-17-11-10-15-6-3-4-7-16(15)12-17/h3-12,20H,13-14H2,1-2H3,(H,25,27). The summed E-state index contributed by atoms with van der Waals surface area (Å²) in [5, 5.41) is 4.79. The van der Waals surface area contributed by atoms with Gasteiger partial charge in [0, 0.05) is 12.1 Å². The van der Waals surface area contributed by atoms with Gasteiger partial charge in [0.1, 0.15) is 17.4 Å². The quantitative estimate of drug-likeness (QED) is 0.671. The molecule has 28 heavy (non-hydrogen) atoms. The third-order valence-electron chi connectivity index (χ3n) is 4.54. The molecule has 1 N–H and O–H groups in total. The van der Waals surface area contributed by atoms with Crippen LogP contribution in [0.3, 0.4) is 0 Å². The first-order chi connectivity index (χ1) is 13.5. The molecule has 6 heteroatoms. The molecule has 0 aliphatic heterocycles. The van der Waals surface area contributed by atoms with Crippen molar-refractivity contribution >= 4 is 16.7 Å². The second-order valence-electron chi connectivity index (χ2n) is 6.72. The van der Waals surface area contributed by atoms with Gasteiger partial charge in [-0.2, -0.15) is 0 Å². The zero-order chi connectivity index (χ0) is 20.1. The summed E-state index contributed by atoms with van der Waals surface area (Å²) in [6.07, 6.45) is 0. The number of ether oxygens (including phenoxy) is 1. The minimum absolute atomic E-state index is 0.0603. The molecule has 0 saturated heterocycles. The Morgan fingerprint density at radius 1 is 1.00 bits per heavy atom. The van der Waals surface area contributed by atoms with E-state index in [1.165, 1.54) is 18.2 Å². The fourth-order valence-corrected chi connectivity index (χ4v) is 3.04. The van der Waals surface area contributed by atoms with Crippen LogP contribution in [-0.2, 0) is 4.79 Å². The van der Waals surface area contributed by atoms with E-state index in [0.717, 1.165) is 10.8 Å². The van der Waals surface area contributed by atoms with Gasteiger partial charge >= 0.3 is 0 Å². The summed E-state index contributed by atoms with van der Waals surface area (Å²) in [6, 6.07) is 16.5. The minimum Gasteiger partial charge on any atom is -0.484 e. The van der Waals surface area contributed by atoms with Crippen molar-refractivity contribution in [2.45, 2.75) is 6.04 Å². The Morgan fingerprint density at radius 2 is 1.68 bits per heavy atom. The molecule has 0 fully saturated rings. The van der Waals surface area contributed by atoms with Crippen LogP contribution >= 0.6 is 0 Å². The van der Waals surface area contributed by atoms with Gasteiger partial charge in [0.15, 0.2) is 6.61 Å². The van der Waals surface area contributed by atoms with Crippen molar-refractivity contribution in [3.8, 4) is 5.75 Å². The van der Waals surface area contributed by atoms with Gasteiger partial charge in [0.25, 0.3) is 5.91 Å². The largest absolute Gasteiger partial charge is 0.484 e. The first-order valence-electron chi connectivity index (χ1n) is 8.94. The van der Waals surface area contributed by atoms with Crippen molar-refractivity contribution in [1.82, 2.24) is 10.2 Å². The fraction of sp³-hybridized carbons (Fsp3) is 0.227. The molecule has 0 bridgehead atoms. The van der Waals surface area contributed by atoms with Crippen LogP contribution in [0.1, 0.15) is 11.6 Å². The van der Waals surface area contributed by atoms with Crippen LogP contribution in [0.4, 0.5) is 8.78 Å². The summed E-state index contributed by atoms with van der Waals surface area (Å²) in [6.45, 7) is -0.122. The van der Waals surface area contributed by atoms with E-state index in [0.29, 0.717) is 5.75 Å². The Morgan fingerprint density at radius 3 is 2.36 bits per heavy atom. The normalized spacial score (nSPS) is 12.2. The first-order valence-corrected chi connectivity index (χ1v) is 8.94. The molecule has 3 aromatic rings. The van der Waals surface area contributed by atoms with Crippen LogP contribution in [0.2, 0.25) is 0 Å². The van der Waals surface area contributed by atoms with Gasteiger partial charge in [-0.15, -0.1) is 0 Å². The molecule has 0 heterocycles. The summed E-state index contributed by atoms with van der Waals surface area (Å²) in [5.74, 6) is -1.06. The molecular weight excluding hydrogens is 362 g/mol. The smallest absolute Gasteiger partial charge is 0.258 e. The molecule has 0 aliphatic carbocycles. The van der Waals surface area contributed by atoms with E-state index in [1.807, 2.05) is 36.4 Å². The molecule has 1 amide bonds. The number of carbonyl (C=O) groups excluding carboxylic acids is 1. The van der Waals surface area contributed by atoms with E-state index in [-0.39, 0.29) is 24.6 Å². The Kier molecular flexibility index (Phi) is 6.21. The van der Waals surface area contributed by atoms with Crippen LogP contribution in [0.25, 0.3) is 10.8 Å². The van der Waals surface area contributed by atoms with Crippen LogP contribution in [-0.4, -0.2) is 38.1 Å². The number of fused-ring (bicyclic) bond motifs is 1. The third-order valence-corrected chi connectivity index (χ3v) is 4.54. The Bertz CT molecular complexity index is 955. The van der Waals surface area contributed by atoms with E-state index in [1.54, 1.807) is 25.1 Å². The third kappa shape index (κ3) is 4.64. The summed E-state index contributed by atoms with van der Waals surface area (Å²) in [5.41, 5.74) is -0.0664. The number of hydrogen-bond donors (Lipinski definition) is 1. The second kappa shape index (κ2) is 8.80. The van der Waals surface area contributed by atoms with E-state index in [9.17, 15) is 13.6 Å². The monoisotopic (exact) mass is 384 g/mol. The molecule has 0 spiro atoms. The number of nitrogens with one attached hydrogen (secondary N) is 1. The molecule has 0 saturated carbocycles. The maximum Gasteiger partial charge on any atom is 0.258 e. The maximum atomic E-state index is 14.1. The zero-order valence-electron chi connectivity index (χ0n) is 15.8. The summed E-state index contributed by atoms with van der Waals surface area (Å²) < 4.78 is 33.7. The molecule has 146 valence electrons. The highest BCUT2D eigenvalue weighted by atomic mass is 19.1. The Balaban J connectivity index is 1.60. The van der Waals surface area contributed by atoms with Crippen molar-refractivity contribution in [2.75, 3.05) is 27.2 Å². The number of benzene rings is 3. The number of carbonyl (C=O) groups is 1. The van der Waals surface area contributed by atoms with E-state index < -0.39 is 17.7 Å². The van der Waals surface area contributed by atoms with Crippen LogP contribution in [0, 0.1) is 11.6 Å². The lowest BCUT2D eigenvalue weighted by atomic mass is 10.0. The summed E-state index contributed by atoms with van der Waals surface area (Å²) in [7, 11) is 3.41. The molecule has 3 aromatic carbocycles. The number of halogens is 2. The van der Waals surface area contributed by atoms with Gasteiger partial charge in [-0.3, -0.25) is 4.79 Å². The lowest BCUT2D eigenvalue weighted by Crippen LogP contribution is -2.37. The molecule has 0 aliphatic rings. The first kappa shape index (κ1) is 19.8. The highest BCUT2D eigenvalue weighted by molar-refractivity contribution is 5.84. The second-order valence-corrected chi connectivity index (χ2v) is 6.72. The van der Waals surface area contributed by atoms with Crippen molar-refractivity contribution in [2.24, 2.45) is 0 Å². The zero-order valence-corrected chi connectivity index (χ0v) is 15.8. The highest BCUT2D eigenvalue weighted by Gasteiger charge is 2.22. The molecular formula is C22H22F2N2O2. The topological polar surface area (TPSA) is 41.6 Å². The molecule has 3 rings (SSSR count). The number of amides is 1. The lowest BCUT2D eigenvalue weighted by molar-refractivity contribution is -0.123. The fourth-order valence-electron chi connectivity index (χ4n) is 3.04. The van der Waals surface area contributed by atoms with Gasteiger partial charge in [-0.25, -0.2) is 8.78 Å². The molecule has 4 nitrogen and oxygen atoms in total. The number of likely N-dealkylation sites (N-methyl/N-ethyl adjacent to an activating group) is 1. The average molecular weight is 384 g/mol. The van der Waals surface area contributed by atoms with Crippen LogP contribution in [0.5, 0.6) is 5.75 Å². The van der Waals surface area contributed by atoms with Gasteiger partial charge in [0.2, 0.25) is 0 Å². The van der Waals surface area contributed by atoms with Crippen LogP contribution in [0.15, 0.2) is 60.7 Å². The van der Waals surface area contributed by atoms with Gasteiger partial charge in [0.05, 0.1) is 6.04 Å². The van der Waals surface area contributed by atoms with E-state index in [2.05, 4.69) is 5.32 Å². The van der Waals surface area contributed by atoms with Crippen molar-refractivity contribution < 1.29 is 18.3 Å². The molecule has 0 aromatic heterocycles. The summed E-state index contributed by atoms with van der Waals surface area (Å²) >= 11 is 0. The number of nitrogens with zero attached hydrogens (tertiary/aromatic N) is 1. The summed E-state index contributed by atoms with van der Waals surface area (Å²) in [4.78, 5) is 13.8. The average Bonchev–Trinajstić information content (AvgIpc) is 2.68. The number of hydrogen-bond acceptors (Lipinski definition) is 3. The van der Waals surface area contributed by atoms with Crippen molar-refractivity contribution in [3.63, 3.8) is 0 Å². The predicted molar refractivity (Wildman–Crippen MR) is 105 cm³/mol. The SMILES string of the molecule is CN(C)C(CNC(=O)COc1ccc2ccccc2c1)c1c(F)cccc1F. The van der Waals surface area contributed by atoms with Gasteiger partial charge in [-0.05, 0) is 49.1 Å². The molecule has 1 unspecified atom stereocenters. The lowest BCUT2D eigenvalue weighted by Gasteiger charge is -2.25. The predicted octanol–water partition coefficient (Wildman–Crippen LogP) is 3.92. The van der Waals surface area contributed by atoms with E-state index in [4.69, 9.17) is 4.74 Å². The van der Waals surface area contributed by atoms with Gasteiger partial charge in [-0.1, -0.05) is 36.4 Å². The maximum absolute atomic E-state index is 14.1. The molecule has 0 radical (unpaired) electrons. The van der Waals surface area contributed by atoms with Crippen LogP contribution < -0.4 is 10.1 Å². The Hall–Kier alpha value is -2.99. The van der Waals surface area contributed by atoms with Crippen molar-refractivity contribution in [3.05, 3.63) is 77.9 Å². The molecule has 1 atom stereocenters.